The smallest absolute Gasteiger partial charge is 0.225 e. The first-order valence-electron chi connectivity index (χ1n) is 9.64. The van der Waals surface area contributed by atoms with Gasteiger partial charge in [-0.25, -0.2) is 0 Å². The van der Waals surface area contributed by atoms with Gasteiger partial charge in [0.15, 0.2) is 0 Å². The molecule has 1 aliphatic heterocycles. The van der Waals surface area contributed by atoms with Crippen molar-refractivity contribution < 1.29 is 9.59 Å². The van der Waals surface area contributed by atoms with Gasteiger partial charge in [-0.2, -0.15) is 0 Å². The Hall–Kier alpha value is -1.06. The fraction of sp³-hybridized carbons (Fsp3) is 0.895. The van der Waals surface area contributed by atoms with Crippen molar-refractivity contribution in [3.05, 3.63) is 0 Å². The molecule has 4 nitrogen and oxygen atoms in total. The summed E-state index contributed by atoms with van der Waals surface area (Å²) in [5, 5.41) is 3.09. The van der Waals surface area contributed by atoms with Crippen LogP contribution in [0.15, 0.2) is 0 Å². The zero-order valence-corrected chi connectivity index (χ0v) is 15.0. The number of nitrogens with one attached hydrogen (secondary N) is 1. The van der Waals surface area contributed by atoms with Gasteiger partial charge < -0.3 is 10.2 Å². The molecule has 4 heteroatoms. The first kappa shape index (κ1) is 18.3. The van der Waals surface area contributed by atoms with Crippen molar-refractivity contribution in [3.63, 3.8) is 0 Å². The summed E-state index contributed by atoms with van der Waals surface area (Å²) in [5.74, 6) is 1.73. The Morgan fingerprint density at radius 3 is 2.22 bits per heavy atom. The minimum absolute atomic E-state index is 0.110. The molecule has 1 saturated heterocycles. The van der Waals surface area contributed by atoms with Gasteiger partial charge in [-0.15, -0.1) is 0 Å². The number of unbranched alkanes of at least 4 members (excludes halogenated alkanes) is 3. The maximum atomic E-state index is 12.2. The van der Waals surface area contributed by atoms with E-state index in [4.69, 9.17) is 0 Å². The zero-order valence-electron chi connectivity index (χ0n) is 15.0. The Labute approximate surface area is 141 Å². The summed E-state index contributed by atoms with van der Waals surface area (Å²) >= 11 is 0. The lowest BCUT2D eigenvalue weighted by Crippen LogP contribution is -2.43. The molecule has 23 heavy (non-hydrogen) atoms. The van der Waals surface area contributed by atoms with E-state index < -0.39 is 0 Å². The monoisotopic (exact) mass is 322 g/mol. The van der Waals surface area contributed by atoms with Crippen LogP contribution in [0.1, 0.15) is 71.6 Å². The maximum Gasteiger partial charge on any atom is 0.225 e. The molecule has 132 valence electrons. The van der Waals surface area contributed by atoms with Gasteiger partial charge in [-0.05, 0) is 38.0 Å². The number of nitrogens with zero attached hydrogens (tertiary/aromatic N) is 1. The molecule has 1 N–H and O–H groups in total. The molecule has 0 bridgehead atoms. The van der Waals surface area contributed by atoms with Crippen molar-refractivity contribution in [2.75, 3.05) is 19.6 Å². The van der Waals surface area contributed by atoms with Crippen molar-refractivity contribution in [2.45, 2.75) is 71.6 Å². The highest BCUT2D eigenvalue weighted by molar-refractivity contribution is 5.82. The number of carbonyl (C=O) groups is 2. The summed E-state index contributed by atoms with van der Waals surface area (Å²) in [6, 6.07) is 0. The van der Waals surface area contributed by atoms with Crippen LogP contribution in [0.2, 0.25) is 0 Å². The van der Waals surface area contributed by atoms with E-state index in [1.807, 2.05) is 4.90 Å². The summed E-state index contributed by atoms with van der Waals surface area (Å²) in [5.41, 5.74) is 0. The predicted octanol–water partition coefficient (Wildman–Crippen LogP) is 3.36. The Balaban J connectivity index is 1.50. The third-order valence-electron chi connectivity index (χ3n) is 5.11. The standard InChI is InChI=1S/C19H34N2O2/c1-15(2)7-5-3-4-6-12-20-18(22)16-10-13-21(14-11-16)19(23)17-8-9-17/h15-17H,3-14H2,1-2H3,(H,20,22). The lowest BCUT2D eigenvalue weighted by Gasteiger charge is -2.31. The molecule has 0 atom stereocenters. The van der Waals surface area contributed by atoms with E-state index in [0.29, 0.717) is 11.8 Å². The Bertz CT molecular complexity index is 383. The molecule has 0 unspecified atom stereocenters. The van der Waals surface area contributed by atoms with E-state index in [2.05, 4.69) is 19.2 Å². The van der Waals surface area contributed by atoms with Crippen LogP contribution in [0, 0.1) is 17.8 Å². The van der Waals surface area contributed by atoms with Crippen LogP contribution in [-0.4, -0.2) is 36.3 Å². The molecule has 0 aromatic heterocycles. The summed E-state index contributed by atoms with van der Waals surface area (Å²) in [6.07, 6.45) is 9.98. The van der Waals surface area contributed by atoms with Crippen LogP contribution in [0.3, 0.4) is 0 Å². The highest BCUT2D eigenvalue weighted by Crippen LogP contribution is 2.32. The van der Waals surface area contributed by atoms with Crippen molar-refractivity contribution in [2.24, 2.45) is 17.8 Å². The van der Waals surface area contributed by atoms with Crippen molar-refractivity contribution in [3.8, 4) is 0 Å². The zero-order chi connectivity index (χ0) is 16.7. The lowest BCUT2D eigenvalue weighted by atomic mass is 9.95. The van der Waals surface area contributed by atoms with Crippen molar-refractivity contribution in [1.82, 2.24) is 10.2 Å². The minimum Gasteiger partial charge on any atom is -0.356 e. The number of carbonyl (C=O) groups excluding carboxylic acids is 2. The fourth-order valence-electron chi connectivity index (χ4n) is 3.34. The topological polar surface area (TPSA) is 49.4 Å². The number of likely N-dealkylation sites (tertiary alicyclic amines) is 1. The van der Waals surface area contributed by atoms with E-state index in [9.17, 15) is 9.59 Å². The first-order chi connectivity index (χ1) is 11.1. The van der Waals surface area contributed by atoms with Crippen LogP contribution in [0.5, 0.6) is 0 Å². The second-order valence-corrected chi connectivity index (χ2v) is 7.76. The van der Waals surface area contributed by atoms with Gasteiger partial charge in [0.25, 0.3) is 0 Å². The number of hydrogen-bond acceptors (Lipinski definition) is 2. The van der Waals surface area contributed by atoms with Gasteiger partial charge in [0.2, 0.25) is 11.8 Å². The van der Waals surface area contributed by atoms with Gasteiger partial charge in [0.1, 0.15) is 0 Å². The average Bonchev–Trinajstić information content (AvgIpc) is 3.38. The normalized spacial score (nSPS) is 19.2. The van der Waals surface area contributed by atoms with Crippen LogP contribution in [-0.2, 0) is 9.59 Å². The highest BCUT2D eigenvalue weighted by Gasteiger charge is 2.35. The molecule has 0 spiro atoms. The van der Waals surface area contributed by atoms with Crippen LogP contribution < -0.4 is 5.32 Å². The third kappa shape index (κ3) is 6.52. The molecule has 1 saturated carbocycles. The number of hydrogen-bond donors (Lipinski definition) is 1. The van der Waals surface area contributed by atoms with E-state index in [1.54, 1.807) is 0 Å². The van der Waals surface area contributed by atoms with Crippen LogP contribution >= 0.6 is 0 Å². The summed E-state index contributed by atoms with van der Waals surface area (Å²) < 4.78 is 0. The molecule has 0 radical (unpaired) electrons. The first-order valence-corrected chi connectivity index (χ1v) is 9.64. The minimum atomic E-state index is 0.110. The Morgan fingerprint density at radius 2 is 1.61 bits per heavy atom. The van der Waals surface area contributed by atoms with E-state index >= 15 is 0 Å². The molecule has 0 aromatic rings. The largest absolute Gasteiger partial charge is 0.356 e. The van der Waals surface area contributed by atoms with Crippen molar-refractivity contribution in [1.29, 1.82) is 0 Å². The van der Waals surface area contributed by atoms with Gasteiger partial charge in [-0.1, -0.05) is 39.5 Å². The second kappa shape index (κ2) is 9.29. The molecule has 0 aromatic carbocycles. The van der Waals surface area contributed by atoms with Crippen LogP contribution in [0.4, 0.5) is 0 Å². The van der Waals surface area contributed by atoms with Crippen molar-refractivity contribution >= 4 is 11.8 Å². The van der Waals surface area contributed by atoms with Crippen LogP contribution in [0.25, 0.3) is 0 Å². The van der Waals surface area contributed by atoms with E-state index in [1.165, 1.54) is 25.7 Å². The molecule has 1 heterocycles. The molecular formula is C19H34N2O2. The maximum absolute atomic E-state index is 12.2. The fourth-order valence-corrected chi connectivity index (χ4v) is 3.34. The summed E-state index contributed by atoms with van der Waals surface area (Å²) in [7, 11) is 0. The Morgan fingerprint density at radius 1 is 0.957 bits per heavy atom. The Kier molecular flexibility index (Phi) is 7.38. The number of piperidine rings is 1. The molecule has 1 aliphatic carbocycles. The quantitative estimate of drug-likeness (QED) is 0.662. The lowest BCUT2D eigenvalue weighted by molar-refractivity contribution is -0.136. The van der Waals surface area contributed by atoms with Gasteiger partial charge >= 0.3 is 0 Å². The molecule has 2 rings (SSSR count). The number of amides is 2. The second-order valence-electron chi connectivity index (χ2n) is 7.76. The van der Waals surface area contributed by atoms with Gasteiger partial charge in [0.05, 0.1) is 0 Å². The average molecular weight is 322 g/mol. The number of rotatable bonds is 9. The summed E-state index contributed by atoms with van der Waals surface area (Å²) in [4.78, 5) is 26.2. The van der Waals surface area contributed by atoms with Gasteiger partial charge in [0, 0.05) is 31.5 Å². The molecule has 2 fully saturated rings. The molecular weight excluding hydrogens is 288 g/mol. The SMILES string of the molecule is CC(C)CCCCCCNC(=O)C1CCN(C(=O)C2CC2)CC1. The molecule has 2 aliphatic rings. The van der Waals surface area contributed by atoms with Gasteiger partial charge in [-0.3, -0.25) is 9.59 Å². The van der Waals surface area contributed by atoms with E-state index in [0.717, 1.165) is 57.7 Å². The summed E-state index contributed by atoms with van der Waals surface area (Å²) in [6.45, 7) is 6.88. The third-order valence-corrected chi connectivity index (χ3v) is 5.11. The molecule has 2 amide bonds. The predicted molar refractivity (Wildman–Crippen MR) is 93.0 cm³/mol. The van der Waals surface area contributed by atoms with E-state index in [-0.39, 0.29) is 11.8 Å². The highest BCUT2D eigenvalue weighted by atomic mass is 16.2.